The number of nitrogens with zero attached hydrogens (tertiary/aromatic N) is 3. The monoisotopic (exact) mass is 310 g/mol. The molecule has 0 radical (unpaired) electrons. The van der Waals surface area contributed by atoms with Gasteiger partial charge in [0.2, 0.25) is 5.91 Å². The van der Waals surface area contributed by atoms with E-state index in [2.05, 4.69) is 4.98 Å². The fraction of sp³-hybridized carbons (Fsp3) is 0.462. The highest BCUT2D eigenvalue weighted by Crippen LogP contribution is 2.12. The summed E-state index contributed by atoms with van der Waals surface area (Å²) in [6.45, 7) is 3.38. The first kappa shape index (κ1) is 15.6. The summed E-state index contributed by atoms with van der Waals surface area (Å²) in [7, 11) is 1.59. The average Bonchev–Trinajstić information content (AvgIpc) is 2.77. The number of carbonyl (C=O) groups excluding carboxylic acids is 1. The number of carbonyl (C=O) groups is 1. The molecule has 1 amide bonds. The van der Waals surface area contributed by atoms with E-state index >= 15 is 0 Å². The van der Waals surface area contributed by atoms with Crippen molar-refractivity contribution in [2.45, 2.75) is 13.5 Å². The molecule has 8 heteroatoms. The Morgan fingerprint density at radius 2 is 2.33 bits per heavy atom. The van der Waals surface area contributed by atoms with E-state index in [1.54, 1.807) is 11.5 Å². The standard InChI is InChI=1S/C13H18N4O3S/c1-9-8-21-13-15-10(5-12(19)17(9)13)6-16(3-4-20-2)7-11(14)18/h5,8H,3-4,6-7H2,1-2H3,(H2,14,18). The second-order valence-electron chi connectivity index (χ2n) is 4.75. The predicted octanol–water partition coefficient (Wildman–Crippen LogP) is -0.00188. The van der Waals surface area contributed by atoms with Crippen LogP contribution in [0.3, 0.4) is 0 Å². The van der Waals surface area contributed by atoms with Crippen molar-refractivity contribution in [1.29, 1.82) is 0 Å². The van der Waals surface area contributed by atoms with Crippen molar-refractivity contribution in [3.8, 4) is 0 Å². The van der Waals surface area contributed by atoms with Crippen LogP contribution >= 0.6 is 11.3 Å². The van der Waals surface area contributed by atoms with Crippen molar-refractivity contribution in [2.75, 3.05) is 26.8 Å². The molecule has 2 aromatic rings. The molecule has 0 aliphatic carbocycles. The molecule has 114 valence electrons. The molecular formula is C13H18N4O3S. The van der Waals surface area contributed by atoms with Crippen molar-refractivity contribution < 1.29 is 9.53 Å². The molecule has 0 atom stereocenters. The number of amides is 1. The van der Waals surface area contributed by atoms with E-state index < -0.39 is 5.91 Å². The first-order chi connectivity index (χ1) is 10.0. The lowest BCUT2D eigenvalue weighted by Crippen LogP contribution is -2.36. The molecule has 0 bridgehead atoms. The molecule has 2 rings (SSSR count). The number of hydrogen-bond acceptors (Lipinski definition) is 6. The van der Waals surface area contributed by atoms with Gasteiger partial charge in [-0.05, 0) is 6.92 Å². The maximum absolute atomic E-state index is 12.1. The van der Waals surface area contributed by atoms with E-state index in [1.807, 2.05) is 17.2 Å². The molecule has 0 unspecified atom stereocenters. The molecule has 0 spiro atoms. The molecule has 7 nitrogen and oxygen atoms in total. The third kappa shape index (κ3) is 3.87. The molecule has 0 saturated carbocycles. The second-order valence-corrected chi connectivity index (χ2v) is 5.59. The number of aryl methyl sites for hydroxylation is 1. The minimum absolute atomic E-state index is 0.105. The van der Waals surface area contributed by atoms with Crippen LogP contribution in [0.15, 0.2) is 16.2 Å². The number of primary amides is 1. The van der Waals surface area contributed by atoms with Crippen molar-refractivity contribution in [3.05, 3.63) is 33.2 Å². The van der Waals surface area contributed by atoms with Crippen LogP contribution in [0.5, 0.6) is 0 Å². The Labute approximate surface area is 126 Å². The summed E-state index contributed by atoms with van der Waals surface area (Å²) in [5.41, 5.74) is 6.62. The van der Waals surface area contributed by atoms with Gasteiger partial charge in [-0.1, -0.05) is 0 Å². The average molecular weight is 310 g/mol. The van der Waals surface area contributed by atoms with Crippen molar-refractivity contribution in [1.82, 2.24) is 14.3 Å². The molecule has 0 aliphatic rings. The van der Waals surface area contributed by atoms with E-state index in [0.717, 1.165) is 5.69 Å². The van der Waals surface area contributed by atoms with Gasteiger partial charge in [-0.15, -0.1) is 11.3 Å². The minimum atomic E-state index is -0.420. The Bertz CT molecular complexity index is 694. The first-order valence-electron chi connectivity index (χ1n) is 6.47. The van der Waals surface area contributed by atoms with Gasteiger partial charge in [0.25, 0.3) is 5.56 Å². The van der Waals surface area contributed by atoms with Gasteiger partial charge in [0.05, 0.1) is 18.8 Å². The van der Waals surface area contributed by atoms with Crippen molar-refractivity contribution in [3.63, 3.8) is 0 Å². The minimum Gasteiger partial charge on any atom is -0.383 e. The highest BCUT2D eigenvalue weighted by atomic mass is 32.1. The van der Waals surface area contributed by atoms with Gasteiger partial charge in [0.1, 0.15) is 0 Å². The normalized spacial score (nSPS) is 11.4. The van der Waals surface area contributed by atoms with E-state index in [0.29, 0.717) is 30.4 Å². The Morgan fingerprint density at radius 1 is 1.57 bits per heavy atom. The van der Waals surface area contributed by atoms with Crippen LogP contribution in [0.1, 0.15) is 11.4 Å². The third-order valence-corrected chi connectivity index (χ3v) is 3.95. The van der Waals surface area contributed by atoms with Gasteiger partial charge >= 0.3 is 0 Å². The van der Waals surface area contributed by atoms with E-state index in [1.165, 1.54) is 17.4 Å². The first-order valence-corrected chi connectivity index (χ1v) is 7.35. The third-order valence-electron chi connectivity index (χ3n) is 3.01. The largest absolute Gasteiger partial charge is 0.383 e. The van der Waals surface area contributed by atoms with Gasteiger partial charge in [0, 0.05) is 37.3 Å². The maximum Gasteiger partial charge on any atom is 0.259 e. The SMILES string of the molecule is COCCN(CC(N)=O)Cc1cc(=O)n2c(C)csc2n1. The van der Waals surface area contributed by atoms with Crippen LogP contribution in [-0.2, 0) is 16.1 Å². The molecule has 2 aromatic heterocycles. The Morgan fingerprint density at radius 3 is 3.00 bits per heavy atom. The zero-order chi connectivity index (χ0) is 15.4. The fourth-order valence-electron chi connectivity index (χ4n) is 2.07. The highest BCUT2D eigenvalue weighted by Gasteiger charge is 2.12. The predicted molar refractivity (Wildman–Crippen MR) is 80.4 cm³/mol. The number of ether oxygens (including phenoxy) is 1. The summed E-state index contributed by atoms with van der Waals surface area (Å²) in [6.07, 6.45) is 0. The number of rotatable bonds is 7. The molecule has 0 fully saturated rings. The molecule has 0 aromatic carbocycles. The molecule has 21 heavy (non-hydrogen) atoms. The lowest BCUT2D eigenvalue weighted by atomic mass is 10.3. The fourth-order valence-corrected chi connectivity index (χ4v) is 2.96. The van der Waals surface area contributed by atoms with Crippen LogP contribution in [0.4, 0.5) is 0 Å². The van der Waals surface area contributed by atoms with Crippen LogP contribution in [0.25, 0.3) is 4.96 Å². The van der Waals surface area contributed by atoms with Crippen LogP contribution in [0, 0.1) is 6.92 Å². The zero-order valence-corrected chi connectivity index (χ0v) is 12.9. The molecule has 2 heterocycles. The van der Waals surface area contributed by atoms with Crippen molar-refractivity contribution in [2.24, 2.45) is 5.73 Å². The maximum atomic E-state index is 12.1. The number of aromatic nitrogens is 2. The summed E-state index contributed by atoms with van der Waals surface area (Å²) < 4.78 is 6.58. The lowest BCUT2D eigenvalue weighted by molar-refractivity contribution is -0.119. The van der Waals surface area contributed by atoms with Crippen LogP contribution in [-0.4, -0.2) is 47.0 Å². The zero-order valence-electron chi connectivity index (χ0n) is 12.0. The van der Waals surface area contributed by atoms with Gasteiger partial charge in [-0.2, -0.15) is 0 Å². The van der Waals surface area contributed by atoms with Crippen molar-refractivity contribution >= 4 is 22.2 Å². The smallest absolute Gasteiger partial charge is 0.259 e. The molecule has 2 N–H and O–H groups in total. The summed E-state index contributed by atoms with van der Waals surface area (Å²) in [6, 6.07) is 1.49. The van der Waals surface area contributed by atoms with E-state index in [-0.39, 0.29) is 12.1 Å². The van der Waals surface area contributed by atoms with Crippen LogP contribution in [0.2, 0.25) is 0 Å². The summed E-state index contributed by atoms with van der Waals surface area (Å²) in [5.74, 6) is -0.420. The number of nitrogens with two attached hydrogens (primary N) is 1. The number of hydrogen-bond donors (Lipinski definition) is 1. The Hall–Kier alpha value is -1.77. The highest BCUT2D eigenvalue weighted by molar-refractivity contribution is 7.15. The van der Waals surface area contributed by atoms with Crippen LogP contribution < -0.4 is 11.3 Å². The second kappa shape index (κ2) is 6.79. The summed E-state index contributed by atoms with van der Waals surface area (Å²) in [4.78, 5) is 30.1. The number of thiazole rings is 1. The van der Waals surface area contributed by atoms with Gasteiger partial charge in [0.15, 0.2) is 4.96 Å². The topological polar surface area (TPSA) is 89.9 Å². The van der Waals surface area contributed by atoms with E-state index in [9.17, 15) is 9.59 Å². The lowest BCUT2D eigenvalue weighted by Gasteiger charge is -2.19. The number of methoxy groups -OCH3 is 1. The number of fused-ring (bicyclic) bond motifs is 1. The van der Waals surface area contributed by atoms with E-state index in [4.69, 9.17) is 10.5 Å². The summed E-state index contributed by atoms with van der Waals surface area (Å²) >= 11 is 1.42. The van der Waals surface area contributed by atoms with Gasteiger partial charge < -0.3 is 10.5 Å². The summed E-state index contributed by atoms with van der Waals surface area (Å²) in [5, 5.41) is 1.89. The van der Waals surface area contributed by atoms with Gasteiger partial charge in [-0.25, -0.2) is 4.98 Å². The molecule has 0 aliphatic heterocycles. The van der Waals surface area contributed by atoms with Gasteiger partial charge in [-0.3, -0.25) is 18.9 Å². The Kier molecular flexibility index (Phi) is 5.05. The quantitative estimate of drug-likeness (QED) is 0.777. The molecule has 0 saturated heterocycles. The Balaban J connectivity index is 2.23. The molecular weight excluding hydrogens is 292 g/mol.